The van der Waals surface area contributed by atoms with Crippen molar-refractivity contribution in [3.8, 4) is 17.1 Å². The van der Waals surface area contributed by atoms with Crippen LogP contribution in [0.2, 0.25) is 0 Å². The summed E-state index contributed by atoms with van der Waals surface area (Å²) < 4.78 is 50.3. The Hall–Kier alpha value is -2.28. The summed E-state index contributed by atoms with van der Waals surface area (Å²) in [5, 5.41) is 1.46. The summed E-state index contributed by atoms with van der Waals surface area (Å²) in [7, 11) is 0. The van der Waals surface area contributed by atoms with Gasteiger partial charge in [0.2, 0.25) is 0 Å². The van der Waals surface area contributed by atoms with E-state index in [-0.39, 0.29) is 11.2 Å². The van der Waals surface area contributed by atoms with Crippen LogP contribution in [0.15, 0.2) is 51.7 Å². The maximum absolute atomic E-state index is 12.8. The van der Waals surface area contributed by atoms with Crippen LogP contribution in [0.5, 0.6) is 5.75 Å². The first kappa shape index (κ1) is 24.4. The van der Waals surface area contributed by atoms with E-state index in [1.807, 2.05) is 0 Å². The number of rotatable bonds is 10. The van der Waals surface area contributed by atoms with Crippen LogP contribution in [0.3, 0.4) is 0 Å². The van der Waals surface area contributed by atoms with Crippen molar-refractivity contribution >= 4 is 26.9 Å². The highest BCUT2D eigenvalue weighted by Crippen LogP contribution is 2.32. The zero-order chi connectivity index (χ0) is 23.1. The third-order valence-electron chi connectivity index (χ3n) is 5.36. The van der Waals surface area contributed by atoms with E-state index in [1.165, 1.54) is 37.8 Å². The van der Waals surface area contributed by atoms with Crippen molar-refractivity contribution in [1.82, 2.24) is 0 Å². The van der Waals surface area contributed by atoms with Crippen LogP contribution >= 0.6 is 15.9 Å². The lowest BCUT2D eigenvalue weighted by atomic mass is 10.0. The molecule has 0 unspecified atom stereocenters. The summed E-state index contributed by atoms with van der Waals surface area (Å²) in [6, 6.07) is 9.68. The average Bonchev–Trinajstić information content (AvgIpc) is 2.77. The molecule has 1 aromatic heterocycles. The number of unbranched alkanes of at least 4 members (excludes halogenated alkanes) is 5. The molecule has 0 aliphatic rings. The van der Waals surface area contributed by atoms with Gasteiger partial charge in [-0.1, -0.05) is 53.7 Å². The first-order valence-electron chi connectivity index (χ1n) is 10.7. The van der Waals surface area contributed by atoms with Gasteiger partial charge in [-0.15, -0.1) is 0 Å². The van der Waals surface area contributed by atoms with E-state index in [9.17, 15) is 18.0 Å². The second-order valence-corrected chi connectivity index (χ2v) is 8.57. The largest absolute Gasteiger partial charge is 0.493 e. The van der Waals surface area contributed by atoms with Gasteiger partial charge in [0.15, 0.2) is 5.43 Å². The van der Waals surface area contributed by atoms with E-state index in [0.29, 0.717) is 34.5 Å². The van der Waals surface area contributed by atoms with Crippen LogP contribution in [-0.2, 0) is 6.18 Å². The van der Waals surface area contributed by atoms with Crippen molar-refractivity contribution in [2.75, 3.05) is 11.9 Å². The topological polar surface area (TPSA) is 39.4 Å². The minimum Gasteiger partial charge on any atom is -0.493 e. The zero-order valence-corrected chi connectivity index (χ0v) is 19.5. The van der Waals surface area contributed by atoms with Gasteiger partial charge in [-0.2, -0.15) is 13.2 Å². The fourth-order valence-electron chi connectivity index (χ4n) is 3.54. The predicted molar refractivity (Wildman–Crippen MR) is 125 cm³/mol. The minimum atomic E-state index is -4.42. The van der Waals surface area contributed by atoms with Crippen LogP contribution in [0.25, 0.3) is 22.3 Å². The van der Waals surface area contributed by atoms with Crippen molar-refractivity contribution in [3.63, 3.8) is 0 Å². The molecule has 0 saturated heterocycles. The summed E-state index contributed by atoms with van der Waals surface area (Å²) in [6.07, 6.45) is 2.46. The Morgan fingerprint density at radius 1 is 0.938 bits per heavy atom. The van der Waals surface area contributed by atoms with E-state index in [1.54, 1.807) is 25.1 Å². The van der Waals surface area contributed by atoms with E-state index in [0.717, 1.165) is 30.3 Å². The maximum atomic E-state index is 12.8. The molecule has 0 radical (unpaired) electrons. The van der Waals surface area contributed by atoms with Crippen LogP contribution < -0.4 is 10.2 Å². The number of hydrogen-bond acceptors (Lipinski definition) is 3. The number of alkyl halides is 4. The summed E-state index contributed by atoms with van der Waals surface area (Å²) in [5.74, 6) is 0.860. The number of halogens is 4. The van der Waals surface area contributed by atoms with Gasteiger partial charge >= 0.3 is 6.18 Å². The Kier molecular flexibility index (Phi) is 8.40. The molecular weight excluding hydrogens is 485 g/mol. The minimum absolute atomic E-state index is 0.212. The SMILES string of the molecule is Cc1c(-c2ccc(C(F)(F)F)cc2)oc2cc(OCCCCCCCCBr)ccc2c1=O. The molecule has 0 N–H and O–H groups in total. The normalized spacial score (nSPS) is 11.8. The average molecular weight is 511 g/mol. The Morgan fingerprint density at radius 2 is 1.59 bits per heavy atom. The quantitative estimate of drug-likeness (QED) is 0.205. The lowest BCUT2D eigenvalue weighted by Gasteiger charge is -2.11. The van der Waals surface area contributed by atoms with Crippen molar-refractivity contribution in [2.45, 2.75) is 51.6 Å². The van der Waals surface area contributed by atoms with Gasteiger partial charge in [0.25, 0.3) is 0 Å². The van der Waals surface area contributed by atoms with Crippen molar-refractivity contribution in [3.05, 3.63) is 63.8 Å². The van der Waals surface area contributed by atoms with Crippen molar-refractivity contribution in [1.29, 1.82) is 0 Å². The molecule has 7 heteroatoms. The van der Waals surface area contributed by atoms with Crippen molar-refractivity contribution in [2.24, 2.45) is 0 Å². The molecule has 0 amide bonds. The molecule has 3 rings (SSSR count). The molecule has 172 valence electrons. The molecule has 3 nitrogen and oxygen atoms in total. The fraction of sp³-hybridized carbons (Fsp3) is 0.400. The standard InChI is InChI=1S/C25H26BrF3O3/c1-17-23(30)21-13-12-20(31-15-7-5-3-2-4-6-14-26)16-22(21)32-24(17)18-8-10-19(11-9-18)25(27,28)29/h8-13,16H,2-7,14-15H2,1H3. The molecule has 0 bridgehead atoms. The van der Waals surface area contributed by atoms with Gasteiger partial charge < -0.3 is 9.15 Å². The predicted octanol–water partition coefficient (Wildman–Crippen LogP) is 7.90. The third kappa shape index (κ3) is 6.15. The summed E-state index contributed by atoms with van der Waals surface area (Å²) >= 11 is 3.43. The highest BCUT2D eigenvalue weighted by molar-refractivity contribution is 9.09. The Bertz CT molecular complexity index is 1090. The summed E-state index contributed by atoms with van der Waals surface area (Å²) in [4.78, 5) is 12.8. The first-order chi connectivity index (χ1) is 15.3. The Balaban J connectivity index is 1.73. The molecule has 32 heavy (non-hydrogen) atoms. The number of benzene rings is 2. The highest BCUT2D eigenvalue weighted by atomic mass is 79.9. The van der Waals surface area contributed by atoms with Crippen LogP contribution in [-0.4, -0.2) is 11.9 Å². The highest BCUT2D eigenvalue weighted by Gasteiger charge is 2.30. The molecule has 0 aliphatic carbocycles. The molecule has 3 aromatic rings. The van der Waals surface area contributed by atoms with E-state index in [2.05, 4.69) is 15.9 Å². The summed E-state index contributed by atoms with van der Waals surface area (Å²) in [5.41, 5.74) is 0.159. The lowest BCUT2D eigenvalue weighted by molar-refractivity contribution is -0.137. The van der Waals surface area contributed by atoms with E-state index < -0.39 is 11.7 Å². The lowest BCUT2D eigenvalue weighted by Crippen LogP contribution is -2.08. The number of ether oxygens (including phenoxy) is 1. The molecule has 0 fully saturated rings. The number of fused-ring (bicyclic) bond motifs is 1. The fourth-order valence-corrected chi connectivity index (χ4v) is 3.93. The van der Waals surface area contributed by atoms with E-state index in [4.69, 9.17) is 9.15 Å². The van der Waals surface area contributed by atoms with Crippen LogP contribution in [0.1, 0.15) is 49.7 Å². The third-order valence-corrected chi connectivity index (χ3v) is 5.92. The second kappa shape index (κ2) is 11.0. The molecule has 1 heterocycles. The Labute approximate surface area is 193 Å². The second-order valence-electron chi connectivity index (χ2n) is 7.78. The molecular formula is C25H26BrF3O3. The molecule has 0 spiro atoms. The van der Waals surface area contributed by atoms with Gasteiger partial charge in [-0.25, -0.2) is 0 Å². The monoisotopic (exact) mass is 510 g/mol. The van der Waals surface area contributed by atoms with Gasteiger partial charge in [-0.3, -0.25) is 4.79 Å². The molecule has 0 atom stereocenters. The first-order valence-corrected chi connectivity index (χ1v) is 11.9. The van der Waals surface area contributed by atoms with E-state index >= 15 is 0 Å². The van der Waals surface area contributed by atoms with Crippen LogP contribution in [0.4, 0.5) is 13.2 Å². The number of hydrogen-bond donors (Lipinski definition) is 0. The summed E-state index contributed by atoms with van der Waals surface area (Å²) in [6.45, 7) is 2.19. The maximum Gasteiger partial charge on any atom is 0.416 e. The zero-order valence-electron chi connectivity index (χ0n) is 17.9. The van der Waals surface area contributed by atoms with Gasteiger partial charge in [-0.05, 0) is 44.0 Å². The van der Waals surface area contributed by atoms with Gasteiger partial charge in [0.05, 0.1) is 17.6 Å². The smallest absolute Gasteiger partial charge is 0.416 e. The van der Waals surface area contributed by atoms with Crippen LogP contribution in [0, 0.1) is 6.92 Å². The van der Waals surface area contributed by atoms with Gasteiger partial charge in [0, 0.05) is 22.5 Å². The molecule has 0 saturated carbocycles. The molecule has 0 aliphatic heterocycles. The Morgan fingerprint density at radius 3 is 2.25 bits per heavy atom. The molecule has 2 aromatic carbocycles. The van der Waals surface area contributed by atoms with Gasteiger partial charge in [0.1, 0.15) is 17.1 Å². The van der Waals surface area contributed by atoms with Crippen molar-refractivity contribution < 1.29 is 22.3 Å².